The number of nitrogens with zero attached hydrogens (tertiary/aromatic N) is 2. The van der Waals surface area contributed by atoms with Gasteiger partial charge in [0.1, 0.15) is 17.3 Å². The third-order valence-corrected chi connectivity index (χ3v) is 4.77. The van der Waals surface area contributed by atoms with Crippen LogP contribution in [0.4, 0.5) is 10.1 Å². The number of phenols is 2. The first-order chi connectivity index (χ1) is 14.0. The van der Waals surface area contributed by atoms with Gasteiger partial charge in [-0.2, -0.15) is 5.10 Å². The SMILES string of the molecule is O=C(N/N=C/c1ccc(O)cc1O)c1ccc2c(c1)CN(c1ccc(F)cc1)C2. The molecule has 4 rings (SSSR count). The van der Waals surface area contributed by atoms with E-state index in [1.165, 1.54) is 36.5 Å². The maximum atomic E-state index is 13.1. The Morgan fingerprint density at radius 3 is 2.52 bits per heavy atom. The number of fused-ring (bicyclic) bond motifs is 1. The van der Waals surface area contributed by atoms with Gasteiger partial charge in [-0.25, -0.2) is 9.82 Å². The summed E-state index contributed by atoms with van der Waals surface area (Å²) < 4.78 is 13.1. The summed E-state index contributed by atoms with van der Waals surface area (Å²) in [5, 5.41) is 22.9. The molecule has 1 amide bonds. The summed E-state index contributed by atoms with van der Waals surface area (Å²) in [6, 6.07) is 15.9. The fourth-order valence-electron chi connectivity index (χ4n) is 3.24. The van der Waals surface area contributed by atoms with Crippen LogP contribution in [0.1, 0.15) is 27.0 Å². The molecule has 0 radical (unpaired) electrons. The minimum atomic E-state index is -0.373. The van der Waals surface area contributed by atoms with E-state index in [9.17, 15) is 19.4 Å². The molecule has 146 valence electrons. The Labute approximate surface area is 166 Å². The molecular formula is C22H18FN3O3. The molecule has 3 N–H and O–H groups in total. The Morgan fingerprint density at radius 2 is 1.76 bits per heavy atom. The van der Waals surface area contributed by atoms with Gasteiger partial charge in [-0.05, 0) is 59.7 Å². The predicted molar refractivity (Wildman–Crippen MR) is 108 cm³/mol. The summed E-state index contributed by atoms with van der Waals surface area (Å²) >= 11 is 0. The molecule has 0 fully saturated rings. The van der Waals surface area contributed by atoms with Gasteiger partial charge >= 0.3 is 0 Å². The average Bonchev–Trinajstić information content (AvgIpc) is 3.13. The number of aromatic hydroxyl groups is 2. The highest BCUT2D eigenvalue weighted by atomic mass is 19.1. The molecule has 3 aromatic rings. The second-order valence-corrected chi connectivity index (χ2v) is 6.76. The number of hydrogen-bond acceptors (Lipinski definition) is 5. The van der Waals surface area contributed by atoms with E-state index in [-0.39, 0.29) is 23.2 Å². The summed E-state index contributed by atoms with van der Waals surface area (Å²) in [6.45, 7) is 1.33. The third kappa shape index (κ3) is 4.03. The zero-order valence-electron chi connectivity index (χ0n) is 15.3. The zero-order valence-corrected chi connectivity index (χ0v) is 15.3. The van der Waals surface area contributed by atoms with Crippen LogP contribution in [0.15, 0.2) is 65.8 Å². The van der Waals surface area contributed by atoms with Crippen molar-refractivity contribution >= 4 is 17.8 Å². The fourth-order valence-corrected chi connectivity index (χ4v) is 3.24. The van der Waals surface area contributed by atoms with Crippen LogP contribution >= 0.6 is 0 Å². The molecule has 0 atom stereocenters. The zero-order chi connectivity index (χ0) is 20.4. The molecule has 0 unspecified atom stereocenters. The summed E-state index contributed by atoms with van der Waals surface area (Å²) in [7, 11) is 0. The molecule has 0 aromatic heterocycles. The predicted octanol–water partition coefficient (Wildman–Crippen LogP) is 3.52. The molecule has 7 heteroatoms. The van der Waals surface area contributed by atoms with Crippen molar-refractivity contribution in [1.82, 2.24) is 5.43 Å². The number of carbonyl (C=O) groups excluding carboxylic acids is 1. The van der Waals surface area contributed by atoms with Crippen molar-refractivity contribution in [3.63, 3.8) is 0 Å². The quantitative estimate of drug-likeness (QED) is 0.469. The topological polar surface area (TPSA) is 85.2 Å². The second kappa shape index (κ2) is 7.63. The lowest BCUT2D eigenvalue weighted by Gasteiger charge is -2.17. The molecule has 3 aromatic carbocycles. The summed E-state index contributed by atoms with van der Waals surface area (Å²) in [5.74, 6) is -0.842. The number of hydrazone groups is 1. The monoisotopic (exact) mass is 391 g/mol. The molecule has 0 aliphatic carbocycles. The van der Waals surface area contributed by atoms with Crippen molar-refractivity contribution in [1.29, 1.82) is 0 Å². The van der Waals surface area contributed by atoms with Gasteiger partial charge in [-0.3, -0.25) is 4.79 Å². The molecule has 0 saturated heterocycles. The van der Waals surface area contributed by atoms with Crippen molar-refractivity contribution in [3.8, 4) is 11.5 Å². The third-order valence-electron chi connectivity index (χ3n) is 4.77. The van der Waals surface area contributed by atoms with Gasteiger partial charge in [0.15, 0.2) is 0 Å². The van der Waals surface area contributed by atoms with Gasteiger partial charge < -0.3 is 15.1 Å². The van der Waals surface area contributed by atoms with Crippen LogP contribution in [0.3, 0.4) is 0 Å². The molecule has 0 bridgehead atoms. The van der Waals surface area contributed by atoms with Crippen LogP contribution in [0, 0.1) is 5.82 Å². The Hall–Kier alpha value is -3.87. The first-order valence-corrected chi connectivity index (χ1v) is 8.97. The minimum Gasteiger partial charge on any atom is -0.508 e. The van der Waals surface area contributed by atoms with Crippen molar-refractivity contribution in [2.75, 3.05) is 4.90 Å². The van der Waals surface area contributed by atoms with Crippen molar-refractivity contribution in [2.24, 2.45) is 5.10 Å². The van der Waals surface area contributed by atoms with Gasteiger partial charge in [0, 0.05) is 36.0 Å². The number of carbonyl (C=O) groups is 1. The largest absolute Gasteiger partial charge is 0.508 e. The highest BCUT2D eigenvalue weighted by Gasteiger charge is 2.20. The molecule has 29 heavy (non-hydrogen) atoms. The van der Waals surface area contributed by atoms with E-state index in [2.05, 4.69) is 15.4 Å². The average molecular weight is 391 g/mol. The lowest BCUT2D eigenvalue weighted by Crippen LogP contribution is -2.18. The number of amides is 1. The van der Waals surface area contributed by atoms with Crippen molar-refractivity contribution < 1.29 is 19.4 Å². The summed E-state index contributed by atoms with van der Waals surface area (Å²) in [6.07, 6.45) is 1.30. The van der Waals surface area contributed by atoms with Crippen molar-refractivity contribution in [3.05, 3.63) is 88.7 Å². The van der Waals surface area contributed by atoms with E-state index >= 15 is 0 Å². The van der Waals surface area contributed by atoms with E-state index < -0.39 is 0 Å². The maximum absolute atomic E-state index is 13.1. The van der Waals surface area contributed by atoms with E-state index in [1.54, 1.807) is 18.2 Å². The fraction of sp³-hybridized carbons (Fsp3) is 0.0909. The lowest BCUT2D eigenvalue weighted by molar-refractivity contribution is 0.0955. The van der Waals surface area contributed by atoms with Crippen LogP contribution in [0.25, 0.3) is 0 Å². The van der Waals surface area contributed by atoms with E-state index in [4.69, 9.17) is 0 Å². The van der Waals surface area contributed by atoms with Gasteiger partial charge in [0.2, 0.25) is 0 Å². The smallest absolute Gasteiger partial charge is 0.271 e. The van der Waals surface area contributed by atoms with E-state index in [0.717, 1.165) is 16.8 Å². The molecule has 0 saturated carbocycles. The molecule has 1 aliphatic heterocycles. The number of phenolic OH excluding ortho intramolecular Hbond substituents is 2. The molecular weight excluding hydrogens is 373 g/mol. The Morgan fingerprint density at radius 1 is 1.00 bits per heavy atom. The molecule has 1 aliphatic rings. The highest BCUT2D eigenvalue weighted by Crippen LogP contribution is 2.29. The number of halogens is 1. The first kappa shape index (κ1) is 18.5. The summed E-state index contributed by atoms with van der Waals surface area (Å²) in [5.41, 5.74) is 6.34. The van der Waals surface area contributed by atoms with Gasteiger partial charge in [-0.1, -0.05) is 6.07 Å². The highest BCUT2D eigenvalue weighted by molar-refractivity contribution is 5.95. The number of nitrogens with one attached hydrogen (secondary N) is 1. The molecule has 0 spiro atoms. The van der Waals surface area contributed by atoms with Crippen LogP contribution in [0.5, 0.6) is 11.5 Å². The Bertz CT molecular complexity index is 1100. The maximum Gasteiger partial charge on any atom is 0.271 e. The molecule has 1 heterocycles. The van der Waals surface area contributed by atoms with Crippen LogP contribution in [-0.2, 0) is 13.1 Å². The number of hydrogen-bond donors (Lipinski definition) is 3. The standard InChI is InChI=1S/C22H18FN3O3/c23-18-4-6-19(7-5-18)26-12-16-2-1-14(9-17(16)13-26)22(29)25-24-11-15-3-8-20(27)10-21(15)28/h1-11,27-28H,12-13H2,(H,25,29)/b24-11+. The number of rotatable bonds is 4. The molecule has 6 nitrogen and oxygen atoms in total. The lowest BCUT2D eigenvalue weighted by atomic mass is 10.1. The minimum absolute atomic E-state index is 0.0588. The van der Waals surface area contributed by atoms with Gasteiger partial charge in [0.05, 0.1) is 6.21 Å². The van der Waals surface area contributed by atoms with Crippen LogP contribution in [-0.4, -0.2) is 22.3 Å². The van der Waals surface area contributed by atoms with Gasteiger partial charge in [-0.15, -0.1) is 0 Å². The Kier molecular flexibility index (Phi) is 4.87. The van der Waals surface area contributed by atoms with E-state index in [0.29, 0.717) is 24.2 Å². The Balaban J connectivity index is 1.43. The normalized spacial score (nSPS) is 12.9. The van der Waals surface area contributed by atoms with Crippen LogP contribution in [0.2, 0.25) is 0 Å². The number of benzene rings is 3. The second-order valence-electron chi connectivity index (χ2n) is 6.76. The van der Waals surface area contributed by atoms with Crippen molar-refractivity contribution in [2.45, 2.75) is 13.1 Å². The number of anilines is 1. The van der Waals surface area contributed by atoms with E-state index in [1.807, 2.05) is 12.1 Å². The first-order valence-electron chi connectivity index (χ1n) is 8.97. The van der Waals surface area contributed by atoms with Gasteiger partial charge in [0.25, 0.3) is 5.91 Å². The van der Waals surface area contributed by atoms with Crippen LogP contribution < -0.4 is 10.3 Å². The summed E-state index contributed by atoms with van der Waals surface area (Å²) in [4.78, 5) is 14.5.